The Labute approximate surface area is 99.5 Å². The van der Waals surface area contributed by atoms with Gasteiger partial charge in [-0.2, -0.15) is 0 Å². The quantitative estimate of drug-likeness (QED) is 0.783. The van der Waals surface area contributed by atoms with Crippen molar-refractivity contribution in [3.8, 4) is 0 Å². The number of hydrogen-bond acceptors (Lipinski definition) is 3. The van der Waals surface area contributed by atoms with Gasteiger partial charge in [0.25, 0.3) is 0 Å². The first-order chi connectivity index (χ1) is 7.90. The zero-order valence-corrected chi connectivity index (χ0v) is 10.6. The Kier molecular flexibility index (Phi) is 5.07. The molecule has 3 heteroatoms. The molecule has 2 fully saturated rings. The second-order valence-corrected chi connectivity index (χ2v) is 5.28. The van der Waals surface area contributed by atoms with Crippen LogP contribution < -0.4 is 5.32 Å². The van der Waals surface area contributed by atoms with Crippen molar-refractivity contribution in [1.82, 2.24) is 10.2 Å². The molecule has 0 unspecified atom stereocenters. The van der Waals surface area contributed by atoms with Gasteiger partial charge < -0.3 is 15.0 Å². The second kappa shape index (κ2) is 6.58. The molecule has 0 aliphatic carbocycles. The number of nitrogens with one attached hydrogen (secondary N) is 1. The smallest absolute Gasteiger partial charge is 0.0589 e. The molecular formula is C13H26N2O. The molecule has 2 aliphatic heterocycles. The minimum atomic E-state index is 0.888. The number of methoxy groups -OCH3 is 1. The molecule has 1 atom stereocenters. The van der Waals surface area contributed by atoms with Gasteiger partial charge in [0.05, 0.1) is 6.61 Å². The zero-order chi connectivity index (χ0) is 11.2. The molecule has 2 rings (SSSR count). The van der Waals surface area contributed by atoms with Gasteiger partial charge >= 0.3 is 0 Å². The normalized spacial score (nSPS) is 29.4. The summed E-state index contributed by atoms with van der Waals surface area (Å²) in [6.07, 6.45) is 5.62. The van der Waals surface area contributed by atoms with E-state index in [4.69, 9.17) is 4.74 Å². The lowest BCUT2D eigenvalue weighted by Gasteiger charge is -2.38. The second-order valence-electron chi connectivity index (χ2n) is 5.28. The third-order valence-corrected chi connectivity index (χ3v) is 4.20. The Morgan fingerprint density at radius 3 is 2.75 bits per heavy atom. The summed E-state index contributed by atoms with van der Waals surface area (Å²) < 4.78 is 5.17. The van der Waals surface area contributed by atoms with E-state index in [0.717, 1.165) is 25.0 Å². The van der Waals surface area contributed by atoms with Crippen molar-refractivity contribution in [2.24, 2.45) is 11.8 Å². The van der Waals surface area contributed by atoms with E-state index in [1.807, 2.05) is 0 Å². The Hall–Kier alpha value is -0.120. The topological polar surface area (TPSA) is 24.5 Å². The van der Waals surface area contributed by atoms with Gasteiger partial charge in [-0.05, 0) is 57.2 Å². The third-order valence-electron chi connectivity index (χ3n) is 4.20. The maximum absolute atomic E-state index is 5.17. The van der Waals surface area contributed by atoms with Crippen LogP contribution in [0.1, 0.15) is 25.7 Å². The van der Waals surface area contributed by atoms with Crippen LogP contribution in [0.4, 0.5) is 0 Å². The standard InChI is InChI=1S/C13H26N2O/c1-16-10-9-15-8-2-3-13(11-15)12-4-6-14-7-5-12/h12-14H,2-11H2,1H3/t13-/m0/s1. The first-order valence-electron chi connectivity index (χ1n) is 6.82. The summed E-state index contributed by atoms with van der Waals surface area (Å²) in [7, 11) is 1.80. The fourth-order valence-corrected chi connectivity index (χ4v) is 3.22. The first kappa shape index (κ1) is 12.3. The van der Waals surface area contributed by atoms with Crippen molar-refractivity contribution in [2.75, 3.05) is 46.4 Å². The van der Waals surface area contributed by atoms with Crippen LogP contribution in [0.25, 0.3) is 0 Å². The highest BCUT2D eigenvalue weighted by molar-refractivity contribution is 4.81. The maximum atomic E-state index is 5.17. The van der Waals surface area contributed by atoms with Crippen LogP contribution >= 0.6 is 0 Å². The highest BCUT2D eigenvalue weighted by Gasteiger charge is 2.27. The average molecular weight is 226 g/mol. The van der Waals surface area contributed by atoms with Crippen molar-refractivity contribution < 1.29 is 4.74 Å². The van der Waals surface area contributed by atoms with Gasteiger partial charge in [-0.25, -0.2) is 0 Å². The van der Waals surface area contributed by atoms with Gasteiger partial charge in [0.15, 0.2) is 0 Å². The number of likely N-dealkylation sites (tertiary alicyclic amines) is 1. The lowest BCUT2D eigenvalue weighted by Crippen LogP contribution is -2.42. The molecule has 0 spiro atoms. The van der Waals surface area contributed by atoms with Crippen LogP contribution in [-0.2, 0) is 4.74 Å². The van der Waals surface area contributed by atoms with Crippen molar-refractivity contribution >= 4 is 0 Å². The van der Waals surface area contributed by atoms with Crippen LogP contribution in [0.5, 0.6) is 0 Å². The van der Waals surface area contributed by atoms with Crippen LogP contribution in [0.2, 0.25) is 0 Å². The summed E-state index contributed by atoms with van der Waals surface area (Å²) in [6.45, 7) is 7.08. The average Bonchev–Trinajstić information content (AvgIpc) is 2.38. The lowest BCUT2D eigenvalue weighted by molar-refractivity contribution is 0.0874. The molecule has 0 saturated carbocycles. The molecule has 0 bridgehead atoms. The minimum absolute atomic E-state index is 0.888. The highest BCUT2D eigenvalue weighted by atomic mass is 16.5. The molecule has 0 amide bonds. The van der Waals surface area contributed by atoms with Crippen LogP contribution in [-0.4, -0.2) is 51.3 Å². The molecule has 2 saturated heterocycles. The van der Waals surface area contributed by atoms with Crippen LogP contribution in [0.15, 0.2) is 0 Å². The molecule has 94 valence electrons. The number of hydrogen-bond donors (Lipinski definition) is 1. The van der Waals surface area contributed by atoms with Crippen molar-refractivity contribution in [2.45, 2.75) is 25.7 Å². The SMILES string of the molecule is COCCN1CCC[C@H](C2CCNCC2)C1. The number of rotatable bonds is 4. The van der Waals surface area contributed by atoms with E-state index < -0.39 is 0 Å². The van der Waals surface area contributed by atoms with Crippen molar-refractivity contribution in [3.63, 3.8) is 0 Å². The Morgan fingerprint density at radius 2 is 2.00 bits per heavy atom. The number of piperidine rings is 2. The van der Waals surface area contributed by atoms with Crippen LogP contribution in [0.3, 0.4) is 0 Å². The van der Waals surface area contributed by atoms with Crippen LogP contribution in [0, 0.1) is 11.8 Å². The van der Waals surface area contributed by atoms with Gasteiger partial charge in [0.2, 0.25) is 0 Å². The minimum Gasteiger partial charge on any atom is -0.383 e. The summed E-state index contributed by atoms with van der Waals surface area (Å²) in [6, 6.07) is 0. The van der Waals surface area contributed by atoms with E-state index in [9.17, 15) is 0 Å². The molecule has 0 aromatic carbocycles. The van der Waals surface area contributed by atoms with Gasteiger partial charge in [-0.1, -0.05) is 0 Å². The summed E-state index contributed by atoms with van der Waals surface area (Å²) in [5.41, 5.74) is 0. The molecule has 2 heterocycles. The summed E-state index contributed by atoms with van der Waals surface area (Å²) in [5.74, 6) is 1.93. The molecule has 0 radical (unpaired) electrons. The van der Waals surface area contributed by atoms with Gasteiger partial charge in [0.1, 0.15) is 0 Å². The van der Waals surface area contributed by atoms with E-state index in [2.05, 4.69) is 10.2 Å². The predicted octanol–water partition coefficient (Wildman–Crippen LogP) is 1.34. The Morgan fingerprint density at radius 1 is 1.19 bits per heavy atom. The summed E-state index contributed by atoms with van der Waals surface area (Å²) in [4.78, 5) is 2.60. The van der Waals surface area contributed by atoms with E-state index in [-0.39, 0.29) is 0 Å². The van der Waals surface area contributed by atoms with Gasteiger partial charge in [-0.3, -0.25) is 0 Å². The third kappa shape index (κ3) is 3.44. The fraction of sp³-hybridized carbons (Fsp3) is 1.00. The number of nitrogens with zero attached hydrogens (tertiary/aromatic N) is 1. The molecular weight excluding hydrogens is 200 g/mol. The van der Waals surface area contributed by atoms with E-state index in [0.29, 0.717) is 0 Å². The van der Waals surface area contributed by atoms with Crippen molar-refractivity contribution in [3.05, 3.63) is 0 Å². The monoisotopic (exact) mass is 226 g/mol. The van der Waals surface area contributed by atoms with Gasteiger partial charge in [-0.15, -0.1) is 0 Å². The molecule has 3 nitrogen and oxygen atoms in total. The van der Waals surface area contributed by atoms with E-state index in [1.165, 1.54) is 51.9 Å². The highest BCUT2D eigenvalue weighted by Crippen LogP contribution is 2.29. The summed E-state index contributed by atoms with van der Waals surface area (Å²) in [5, 5.41) is 3.47. The molecule has 2 aliphatic rings. The largest absolute Gasteiger partial charge is 0.383 e. The summed E-state index contributed by atoms with van der Waals surface area (Å²) >= 11 is 0. The Bertz CT molecular complexity index is 192. The molecule has 0 aromatic rings. The number of ether oxygens (including phenoxy) is 1. The maximum Gasteiger partial charge on any atom is 0.0589 e. The van der Waals surface area contributed by atoms with E-state index in [1.54, 1.807) is 7.11 Å². The Balaban J connectivity index is 1.76. The van der Waals surface area contributed by atoms with E-state index >= 15 is 0 Å². The first-order valence-corrected chi connectivity index (χ1v) is 6.82. The fourth-order valence-electron chi connectivity index (χ4n) is 3.22. The molecule has 0 aromatic heterocycles. The molecule has 1 N–H and O–H groups in total. The van der Waals surface area contributed by atoms with Gasteiger partial charge in [0, 0.05) is 20.2 Å². The predicted molar refractivity (Wildman–Crippen MR) is 66.6 cm³/mol. The van der Waals surface area contributed by atoms with Crippen molar-refractivity contribution in [1.29, 1.82) is 0 Å². The molecule has 16 heavy (non-hydrogen) atoms. The zero-order valence-electron chi connectivity index (χ0n) is 10.6. The lowest BCUT2D eigenvalue weighted by atomic mass is 9.80.